The third-order valence-electron chi connectivity index (χ3n) is 5.85. The molecule has 0 radical (unpaired) electrons. The molecule has 3 rings (SSSR count). The second kappa shape index (κ2) is 11.0. The number of amides is 1. The molecule has 0 spiro atoms. The molecular formula is C26H31ClN2O5S. The fourth-order valence-electron chi connectivity index (χ4n) is 4.01. The second-order valence-corrected chi connectivity index (χ2v) is 11.5. The predicted octanol–water partition coefficient (Wildman–Crippen LogP) is 3.81. The van der Waals surface area contributed by atoms with E-state index < -0.39 is 34.1 Å². The molecule has 3 aromatic carbocycles. The largest absolute Gasteiger partial charge is 0.386 e. The van der Waals surface area contributed by atoms with E-state index in [1.807, 2.05) is 33.8 Å². The van der Waals surface area contributed by atoms with E-state index in [2.05, 4.69) is 10.0 Å². The third kappa shape index (κ3) is 6.38. The van der Waals surface area contributed by atoms with Crippen molar-refractivity contribution in [2.45, 2.75) is 57.2 Å². The second-order valence-electron chi connectivity index (χ2n) is 9.44. The van der Waals surface area contributed by atoms with Gasteiger partial charge in [0.2, 0.25) is 15.9 Å². The van der Waals surface area contributed by atoms with Crippen molar-refractivity contribution in [2.75, 3.05) is 0 Å². The van der Waals surface area contributed by atoms with Crippen molar-refractivity contribution >= 4 is 27.5 Å². The van der Waals surface area contributed by atoms with E-state index in [-0.39, 0.29) is 39.2 Å². The summed E-state index contributed by atoms with van der Waals surface area (Å²) in [6, 6.07) is 13.1. The summed E-state index contributed by atoms with van der Waals surface area (Å²) in [5.41, 5.74) is 1.20. The Kier molecular flexibility index (Phi) is 8.54. The molecule has 188 valence electrons. The minimum atomic E-state index is -4.08. The minimum absolute atomic E-state index is 0.000444. The number of hydrogen-bond acceptors (Lipinski definition) is 5. The van der Waals surface area contributed by atoms with Crippen LogP contribution in [0.4, 0.5) is 0 Å². The molecule has 0 aromatic heterocycles. The highest BCUT2D eigenvalue weighted by Gasteiger charge is 2.38. The van der Waals surface area contributed by atoms with Crippen molar-refractivity contribution in [3.05, 3.63) is 75.4 Å². The van der Waals surface area contributed by atoms with Gasteiger partial charge in [0.1, 0.15) is 17.0 Å². The van der Waals surface area contributed by atoms with Gasteiger partial charge in [-0.2, -0.15) is 4.72 Å². The molecule has 3 aromatic rings. The zero-order chi connectivity index (χ0) is 25.9. The molecule has 0 bridgehead atoms. The Morgan fingerprint density at radius 2 is 1.60 bits per heavy atom. The topological polar surface area (TPSA) is 113 Å². The van der Waals surface area contributed by atoms with Gasteiger partial charge in [-0.25, -0.2) is 8.42 Å². The summed E-state index contributed by atoms with van der Waals surface area (Å²) >= 11 is 6.07. The fourth-order valence-corrected chi connectivity index (χ4v) is 5.73. The number of aliphatic hydroxyl groups is 1. The Morgan fingerprint density at radius 3 is 2.17 bits per heavy atom. The molecule has 3 atom stereocenters. The van der Waals surface area contributed by atoms with Gasteiger partial charge in [0.15, 0.2) is 5.43 Å². The minimum Gasteiger partial charge on any atom is -0.386 e. The first kappa shape index (κ1) is 27.1. The quantitative estimate of drug-likeness (QED) is 0.357. The van der Waals surface area contributed by atoms with Crippen LogP contribution in [-0.4, -0.2) is 31.5 Å². The Morgan fingerprint density at radius 1 is 1.00 bits per heavy atom. The van der Waals surface area contributed by atoms with Crippen LogP contribution in [0.25, 0.3) is 11.1 Å². The van der Waals surface area contributed by atoms with E-state index in [0.29, 0.717) is 11.1 Å². The van der Waals surface area contributed by atoms with Crippen molar-refractivity contribution in [1.82, 2.24) is 10.0 Å². The van der Waals surface area contributed by atoms with Crippen LogP contribution in [0, 0.1) is 11.8 Å². The molecule has 7 nitrogen and oxygen atoms in total. The molecule has 0 aliphatic rings. The van der Waals surface area contributed by atoms with E-state index in [9.17, 15) is 23.1 Å². The van der Waals surface area contributed by atoms with E-state index in [0.717, 1.165) is 0 Å². The molecule has 0 saturated heterocycles. The van der Waals surface area contributed by atoms with Crippen molar-refractivity contribution in [3.8, 4) is 11.1 Å². The monoisotopic (exact) mass is 518 g/mol. The predicted molar refractivity (Wildman–Crippen MR) is 137 cm³/mol. The maximum absolute atomic E-state index is 13.3. The van der Waals surface area contributed by atoms with Crippen LogP contribution in [0.5, 0.6) is 0 Å². The Balaban J connectivity index is 1.82. The van der Waals surface area contributed by atoms with Gasteiger partial charge in [0.25, 0.3) is 0 Å². The number of carbonyl (C=O) groups is 1. The van der Waals surface area contributed by atoms with Crippen LogP contribution in [0.1, 0.15) is 45.8 Å². The summed E-state index contributed by atoms with van der Waals surface area (Å²) < 4.78 is 28.4. The lowest BCUT2D eigenvalue weighted by atomic mass is 9.95. The number of benzene rings is 2. The van der Waals surface area contributed by atoms with Gasteiger partial charge in [-0.05, 0) is 36.0 Å². The Bertz CT molecular complexity index is 1280. The highest BCUT2D eigenvalue weighted by Crippen LogP contribution is 2.33. The van der Waals surface area contributed by atoms with Crippen LogP contribution >= 0.6 is 11.6 Å². The van der Waals surface area contributed by atoms with Crippen molar-refractivity contribution in [3.63, 3.8) is 0 Å². The zero-order valence-electron chi connectivity index (χ0n) is 20.2. The summed E-state index contributed by atoms with van der Waals surface area (Å²) in [6.07, 6.45) is -0.991. The summed E-state index contributed by atoms with van der Waals surface area (Å²) in [5.74, 6) is -0.812. The normalized spacial score (nSPS) is 14.9. The van der Waals surface area contributed by atoms with Gasteiger partial charge in [-0.3, -0.25) is 9.59 Å². The van der Waals surface area contributed by atoms with E-state index >= 15 is 0 Å². The molecule has 0 aliphatic heterocycles. The highest BCUT2D eigenvalue weighted by atomic mass is 35.5. The molecule has 0 saturated carbocycles. The number of halogens is 1. The molecule has 0 aliphatic carbocycles. The first-order valence-corrected chi connectivity index (χ1v) is 13.4. The highest BCUT2D eigenvalue weighted by molar-refractivity contribution is 7.89. The van der Waals surface area contributed by atoms with Gasteiger partial charge >= 0.3 is 0 Å². The fraction of sp³-hybridized carbons (Fsp3) is 0.385. The number of nitrogens with one attached hydrogen (secondary N) is 2. The maximum atomic E-state index is 13.3. The van der Waals surface area contributed by atoms with Crippen LogP contribution in [0.3, 0.4) is 0 Å². The first-order chi connectivity index (χ1) is 16.4. The van der Waals surface area contributed by atoms with Crippen molar-refractivity contribution < 1.29 is 18.3 Å². The summed E-state index contributed by atoms with van der Waals surface area (Å²) in [7, 11) is -4.08. The van der Waals surface area contributed by atoms with E-state index in [1.165, 1.54) is 12.1 Å². The molecule has 3 N–H and O–H groups in total. The van der Waals surface area contributed by atoms with Crippen LogP contribution < -0.4 is 15.5 Å². The maximum Gasteiger partial charge on any atom is 0.242 e. The van der Waals surface area contributed by atoms with Gasteiger partial charge in [-0.15, -0.1) is 0 Å². The number of aliphatic hydroxyl groups excluding tert-OH is 1. The number of hydrogen-bond donors (Lipinski definition) is 3. The average Bonchev–Trinajstić information content (AvgIpc) is 3.47. The molecule has 0 unspecified atom stereocenters. The summed E-state index contributed by atoms with van der Waals surface area (Å²) in [6.45, 7) is 7.38. The van der Waals surface area contributed by atoms with Gasteiger partial charge < -0.3 is 10.4 Å². The molecule has 0 fully saturated rings. The molecule has 1 amide bonds. The standard InChI is InChI=1S/C26H31ClN2O5S/c1-15(2)14-19(29-35(33,34)20-13-9-8-12-18(20)27)26(32)28-23(16(3)4)25(31)22-21(24(22)30)17-10-6-5-7-11-17/h5-13,15-16,19,23,25,29,31H,14H2,1-4H3,(H,28,32)/t19-,23-,25-/m0/s1. The lowest BCUT2D eigenvalue weighted by molar-refractivity contribution is -0.125. The first-order valence-electron chi connectivity index (χ1n) is 11.5. The Hall–Kier alpha value is -2.52. The molecule has 0 heterocycles. The molecule has 35 heavy (non-hydrogen) atoms. The number of rotatable bonds is 11. The van der Waals surface area contributed by atoms with Crippen LogP contribution in [-0.2, 0) is 14.8 Å². The van der Waals surface area contributed by atoms with Crippen LogP contribution in [0.15, 0.2) is 64.3 Å². The van der Waals surface area contributed by atoms with E-state index in [4.69, 9.17) is 11.6 Å². The van der Waals surface area contributed by atoms with E-state index in [1.54, 1.807) is 36.4 Å². The zero-order valence-corrected chi connectivity index (χ0v) is 21.7. The lowest BCUT2D eigenvalue weighted by Crippen LogP contribution is -2.52. The van der Waals surface area contributed by atoms with Gasteiger partial charge in [0, 0.05) is 11.1 Å². The molecule has 9 heteroatoms. The van der Waals surface area contributed by atoms with Crippen molar-refractivity contribution in [2.24, 2.45) is 11.8 Å². The third-order valence-corrected chi connectivity index (χ3v) is 7.82. The van der Waals surface area contributed by atoms with Gasteiger partial charge in [-0.1, -0.05) is 81.8 Å². The SMILES string of the molecule is CC(C)C[C@H](NS(=O)(=O)c1ccccc1Cl)C(=O)N[C@@H](C(C)C)[C@@H](O)c1c(-c2ccccc2)c1=O. The number of sulfonamides is 1. The number of carbonyl (C=O) groups excluding carboxylic acids is 1. The summed E-state index contributed by atoms with van der Waals surface area (Å²) in [4.78, 5) is 25.6. The Labute approximate surface area is 211 Å². The van der Waals surface area contributed by atoms with Crippen LogP contribution in [0.2, 0.25) is 5.02 Å². The lowest BCUT2D eigenvalue weighted by Gasteiger charge is -2.29. The average molecular weight is 519 g/mol. The smallest absolute Gasteiger partial charge is 0.242 e. The molecular weight excluding hydrogens is 488 g/mol. The summed E-state index contributed by atoms with van der Waals surface area (Å²) in [5, 5.41) is 13.9. The van der Waals surface area contributed by atoms with Crippen molar-refractivity contribution in [1.29, 1.82) is 0 Å². The van der Waals surface area contributed by atoms with Gasteiger partial charge in [0.05, 0.1) is 11.1 Å².